The molecule has 1 fully saturated rings. The molecule has 2 aliphatic carbocycles. The molecular formula is C20H22F2N2O3. The Labute approximate surface area is 155 Å². The smallest absolute Gasteiger partial charge is 0.342 e. The Balaban J connectivity index is 1.77. The third kappa shape index (κ3) is 2.24. The van der Waals surface area contributed by atoms with Gasteiger partial charge in [-0.2, -0.15) is 13.9 Å². The molecule has 7 heteroatoms. The first kappa shape index (κ1) is 18.1. The Morgan fingerprint density at radius 3 is 2.81 bits per heavy atom. The summed E-state index contributed by atoms with van der Waals surface area (Å²) in [5.74, 6) is -4.16. The van der Waals surface area contributed by atoms with Gasteiger partial charge in [-0.3, -0.25) is 4.68 Å². The van der Waals surface area contributed by atoms with Crippen LogP contribution in [0.15, 0.2) is 30.5 Å². The van der Waals surface area contributed by atoms with Crippen LogP contribution in [0.5, 0.6) is 0 Å². The van der Waals surface area contributed by atoms with E-state index in [1.54, 1.807) is 0 Å². The van der Waals surface area contributed by atoms with Crippen molar-refractivity contribution >= 4 is 5.97 Å². The van der Waals surface area contributed by atoms with Crippen LogP contribution in [0, 0.1) is 5.41 Å². The van der Waals surface area contributed by atoms with E-state index in [0.717, 1.165) is 28.4 Å². The summed E-state index contributed by atoms with van der Waals surface area (Å²) < 4.78 is 35.3. The molecule has 1 heterocycles. The van der Waals surface area contributed by atoms with Gasteiger partial charge in [0.15, 0.2) is 0 Å². The third-order valence-electron chi connectivity index (χ3n) is 6.44. The van der Waals surface area contributed by atoms with Crippen molar-refractivity contribution in [3.63, 3.8) is 0 Å². The predicted octanol–water partition coefficient (Wildman–Crippen LogP) is 3.47. The summed E-state index contributed by atoms with van der Waals surface area (Å²) in [7, 11) is 1.31. The predicted molar refractivity (Wildman–Crippen MR) is 93.5 cm³/mol. The van der Waals surface area contributed by atoms with Crippen LogP contribution in [0.1, 0.15) is 59.8 Å². The number of carbonyl (C=O) groups is 1. The fourth-order valence-electron chi connectivity index (χ4n) is 5.05. The minimum absolute atomic E-state index is 0.258. The molecule has 2 atom stereocenters. The second-order valence-corrected chi connectivity index (χ2v) is 8.01. The number of hydrogen-bond acceptors (Lipinski definition) is 4. The van der Waals surface area contributed by atoms with Crippen LogP contribution in [0.2, 0.25) is 0 Å². The van der Waals surface area contributed by atoms with Crippen LogP contribution in [-0.2, 0) is 23.3 Å². The summed E-state index contributed by atoms with van der Waals surface area (Å²) in [6, 6.07) is 7.87. The van der Waals surface area contributed by atoms with Crippen LogP contribution in [0.4, 0.5) is 8.78 Å². The molecule has 1 aromatic heterocycles. The normalized spacial score (nSPS) is 25.5. The van der Waals surface area contributed by atoms with E-state index in [1.807, 2.05) is 24.3 Å². The molecule has 1 aromatic carbocycles. The topological polar surface area (TPSA) is 64.4 Å². The van der Waals surface area contributed by atoms with Gasteiger partial charge in [0.05, 0.1) is 6.20 Å². The SMILES string of the molecule is Cn1ncc(C(=O)OC23CCC(c4ccccc42)C3(C)C)c1C(F)(F)CO. The van der Waals surface area contributed by atoms with Crippen molar-refractivity contribution in [1.82, 2.24) is 9.78 Å². The summed E-state index contributed by atoms with van der Waals surface area (Å²) in [5.41, 5.74) is -0.0200. The molecule has 27 heavy (non-hydrogen) atoms. The monoisotopic (exact) mass is 376 g/mol. The molecule has 2 bridgehead atoms. The Morgan fingerprint density at radius 2 is 2.11 bits per heavy atom. The van der Waals surface area contributed by atoms with Crippen molar-refractivity contribution in [2.75, 3.05) is 6.61 Å². The highest BCUT2D eigenvalue weighted by atomic mass is 19.3. The number of nitrogens with zero attached hydrogens (tertiary/aromatic N) is 2. The Morgan fingerprint density at radius 1 is 1.41 bits per heavy atom. The van der Waals surface area contributed by atoms with Crippen LogP contribution >= 0.6 is 0 Å². The van der Waals surface area contributed by atoms with Gasteiger partial charge in [-0.05, 0) is 29.9 Å². The number of aromatic nitrogens is 2. The Bertz CT molecular complexity index is 922. The number of halogens is 2. The Kier molecular flexibility index (Phi) is 3.76. The lowest BCUT2D eigenvalue weighted by Crippen LogP contribution is -2.40. The van der Waals surface area contributed by atoms with E-state index in [0.29, 0.717) is 6.42 Å². The highest BCUT2D eigenvalue weighted by Gasteiger charge is 2.64. The lowest BCUT2D eigenvalue weighted by atomic mass is 9.76. The first-order valence-corrected chi connectivity index (χ1v) is 8.99. The quantitative estimate of drug-likeness (QED) is 0.830. The number of aliphatic hydroxyl groups is 1. The maximum Gasteiger partial charge on any atom is 0.342 e. The van der Waals surface area contributed by atoms with Crippen LogP contribution < -0.4 is 0 Å². The molecular weight excluding hydrogens is 354 g/mol. The van der Waals surface area contributed by atoms with Gasteiger partial charge in [0.2, 0.25) is 0 Å². The second kappa shape index (κ2) is 5.61. The maximum atomic E-state index is 14.2. The van der Waals surface area contributed by atoms with Gasteiger partial charge in [0, 0.05) is 12.5 Å². The standard InChI is InChI=1S/C20H22F2N2O3/c1-18(2)14-8-9-19(18,15-7-5-4-6-12(14)15)27-17(26)13-10-23-24(3)16(13)20(21,22)11-25/h4-7,10,14,25H,8-9,11H2,1-3H3. The summed E-state index contributed by atoms with van der Waals surface area (Å²) in [6.45, 7) is 2.71. The Hall–Kier alpha value is -2.28. The van der Waals surface area contributed by atoms with Gasteiger partial charge >= 0.3 is 11.9 Å². The number of ether oxygens (including phenoxy) is 1. The summed E-state index contributed by atoms with van der Waals surface area (Å²) in [6.07, 6.45) is 2.61. The van der Waals surface area contributed by atoms with Gasteiger partial charge in [-0.15, -0.1) is 0 Å². The molecule has 2 unspecified atom stereocenters. The zero-order valence-electron chi connectivity index (χ0n) is 15.5. The number of aryl methyl sites for hydroxylation is 1. The van der Waals surface area contributed by atoms with E-state index in [9.17, 15) is 13.6 Å². The van der Waals surface area contributed by atoms with Gasteiger partial charge in [0.1, 0.15) is 23.5 Å². The molecule has 0 spiro atoms. The molecule has 144 valence electrons. The third-order valence-corrected chi connectivity index (χ3v) is 6.44. The first-order valence-electron chi connectivity index (χ1n) is 8.99. The molecule has 0 saturated heterocycles. The molecule has 0 amide bonds. The van der Waals surface area contributed by atoms with Crippen LogP contribution in [0.3, 0.4) is 0 Å². The first-order chi connectivity index (χ1) is 12.7. The van der Waals surface area contributed by atoms with Crippen molar-refractivity contribution < 1.29 is 23.4 Å². The van der Waals surface area contributed by atoms with Gasteiger partial charge in [-0.25, -0.2) is 4.79 Å². The van der Waals surface area contributed by atoms with Crippen LogP contribution in [-0.4, -0.2) is 27.5 Å². The second-order valence-electron chi connectivity index (χ2n) is 8.01. The summed E-state index contributed by atoms with van der Waals surface area (Å²) in [4.78, 5) is 13.0. The van der Waals surface area contributed by atoms with Crippen molar-refractivity contribution in [2.24, 2.45) is 12.5 Å². The zero-order valence-corrected chi connectivity index (χ0v) is 15.5. The maximum absolute atomic E-state index is 14.2. The van der Waals surface area contributed by atoms with Crippen LogP contribution in [0.25, 0.3) is 0 Å². The highest BCUT2D eigenvalue weighted by Crippen LogP contribution is 2.68. The zero-order chi connectivity index (χ0) is 19.6. The largest absolute Gasteiger partial charge is 0.450 e. The van der Waals surface area contributed by atoms with Crippen molar-refractivity contribution in [1.29, 1.82) is 0 Å². The number of esters is 1. The summed E-state index contributed by atoms with van der Waals surface area (Å²) in [5, 5.41) is 12.8. The van der Waals surface area contributed by atoms with E-state index in [1.165, 1.54) is 7.05 Å². The van der Waals surface area contributed by atoms with Gasteiger partial charge < -0.3 is 9.84 Å². The molecule has 1 N–H and O–H groups in total. The minimum atomic E-state index is -3.58. The van der Waals surface area contributed by atoms with Crippen molar-refractivity contribution in [3.05, 3.63) is 52.8 Å². The highest BCUT2D eigenvalue weighted by molar-refractivity contribution is 5.91. The van der Waals surface area contributed by atoms with E-state index >= 15 is 0 Å². The lowest BCUT2D eigenvalue weighted by molar-refractivity contribution is -0.0738. The minimum Gasteiger partial charge on any atom is -0.450 e. The van der Waals surface area contributed by atoms with Crippen molar-refractivity contribution in [3.8, 4) is 0 Å². The van der Waals surface area contributed by atoms with E-state index < -0.39 is 29.8 Å². The number of hydrogen-bond donors (Lipinski definition) is 1. The molecule has 5 nitrogen and oxygen atoms in total. The number of fused-ring (bicyclic) bond motifs is 5. The summed E-state index contributed by atoms with van der Waals surface area (Å²) >= 11 is 0. The number of aliphatic hydroxyl groups excluding tert-OH is 1. The number of rotatable bonds is 4. The van der Waals surface area contributed by atoms with E-state index in [2.05, 4.69) is 18.9 Å². The van der Waals surface area contributed by atoms with E-state index in [4.69, 9.17) is 9.84 Å². The van der Waals surface area contributed by atoms with Gasteiger partial charge in [0.25, 0.3) is 0 Å². The van der Waals surface area contributed by atoms with Crippen molar-refractivity contribution in [2.45, 2.75) is 44.1 Å². The number of benzene rings is 1. The molecule has 2 aromatic rings. The molecule has 0 radical (unpaired) electrons. The average Bonchev–Trinajstić information content (AvgIpc) is 3.20. The number of alkyl halides is 2. The fraction of sp³-hybridized carbons (Fsp3) is 0.500. The molecule has 0 aliphatic heterocycles. The van der Waals surface area contributed by atoms with Gasteiger partial charge in [-0.1, -0.05) is 38.1 Å². The average molecular weight is 376 g/mol. The van der Waals surface area contributed by atoms with E-state index in [-0.39, 0.29) is 16.9 Å². The fourth-order valence-corrected chi connectivity index (χ4v) is 5.05. The molecule has 4 rings (SSSR count). The molecule has 2 aliphatic rings. The molecule has 1 saturated carbocycles. The number of carbonyl (C=O) groups excluding carboxylic acids is 1. The lowest BCUT2D eigenvalue weighted by Gasteiger charge is -2.38.